The molecule has 3 N–H and O–H groups in total. The summed E-state index contributed by atoms with van der Waals surface area (Å²) in [6, 6.07) is 2.38. The SMILES string of the molecule is CC1[C@@H](C(=O)Nc2ccnc(S(N)(=O)=O)c2)C(C2CCC(F)(F)CC2)CCC1(F)F. The summed E-state index contributed by atoms with van der Waals surface area (Å²) in [5.74, 6) is -9.54. The van der Waals surface area contributed by atoms with Gasteiger partial charge in [-0.3, -0.25) is 4.79 Å². The largest absolute Gasteiger partial charge is 0.326 e. The minimum Gasteiger partial charge on any atom is -0.326 e. The maximum absolute atomic E-state index is 14.4. The molecule has 30 heavy (non-hydrogen) atoms. The highest BCUT2D eigenvalue weighted by atomic mass is 32.2. The number of carbonyl (C=O) groups excluding carboxylic acids is 1. The summed E-state index contributed by atoms with van der Waals surface area (Å²) in [6.07, 6.45) is 0.569. The quantitative estimate of drug-likeness (QED) is 0.680. The van der Waals surface area contributed by atoms with Crippen molar-refractivity contribution in [2.24, 2.45) is 28.8 Å². The van der Waals surface area contributed by atoms with Crippen molar-refractivity contribution in [3.8, 4) is 0 Å². The smallest absolute Gasteiger partial charge is 0.255 e. The lowest BCUT2D eigenvalue weighted by Gasteiger charge is -2.45. The lowest BCUT2D eigenvalue weighted by molar-refractivity contribution is -0.154. The molecule has 0 aromatic carbocycles. The van der Waals surface area contributed by atoms with Crippen molar-refractivity contribution in [1.29, 1.82) is 0 Å². The number of aromatic nitrogens is 1. The summed E-state index contributed by atoms with van der Waals surface area (Å²) in [7, 11) is -4.11. The van der Waals surface area contributed by atoms with E-state index in [-0.39, 0.29) is 50.1 Å². The number of nitrogens with one attached hydrogen (secondary N) is 1. The van der Waals surface area contributed by atoms with Crippen LogP contribution in [0.5, 0.6) is 0 Å². The average molecular weight is 451 g/mol. The van der Waals surface area contributed by atoms with Crippen molar-refractivity contribution < 1.29 is 30.8 Å². The van der Waals surface area contributed by atoms with Gasteiger partial charge in [-0.25, -0.2) is 36.1 Å². The zero-order valence-electron chi connectivity index (χ0n) is 16.5. The van der Waals surface area contributed by atoms with Crippen molar-refractivity contribution in [2.75, 3.05) is 5.32 Å². The first kappa shape index (κ1) is 22.9. The molecule has 6 nitrogen and oxygen atoms in total. The molecule has 1 amide bonds. The number of sulfonamides is 1. The number of rotatable bonds is 4. The molecule has 0 spiro atoms. The van der Waals surface area contributed by atoms with Gasteiger partial charge in [-0.2, -0.15) is 0 Å². The van der Waals surface area contributed by atoms with Gasteiger partial charge in [0.15, 0.2) is 5.03 Å². The van der Waals surface area contributed by atoms with Gasteiger partial charge in [-0.1, -0.05) is 6.92 Å². The van der Waals surface area contributed by atoms with Gasteiger partial charge in [-0.05, 0) is 37.2 Å². The molecule has 2 aliphatic rings. The maximum atomic E-state index is 14.4. The number of pyridine rings is 1. The number of alkyl halides is 4. The zero-order valence-corrected chi connectivity index (χ0v) is 17.3. The summed E-state index contributed by atoms with van der Waals surface area (Å²) < 4.78 is 78.9. The molecule has 3 rings (SSSR count). The van der Waals surface area contributed by atoms with Crippen molar-refractivity contribution in [3.05, 3.63) is 18.3 Å². The van der Waals surface area contributed by atoms with E-state index in [4.69, 9.17) is 5.14 Å². The Hall–Kier alpha value is -1.75. The average Bonchev–Trinajstić information content (AvgIpc) is 2.63. The molecular formula is C19H25F4N3O3S. The van der Waals surface area contributed by atoms with Gasteiger partial charge in [0.05, 0.1) is 0 Å². The fourth-order valence-corrected chi connectivity index (χ4v) is 5.21. The van der Waals surface area contributed by atoms with Crippen LogP contribution in [0.4, 0.5) is 23.2 Å². The van der Waals surface area contributed by atoms with E-state index in [0.717, 1.165) is 12.3 Å². The van der Waals surface area contributed by atoms with Crippen molar-refractivity contribution in [3.63, 3.8) is 0 Å². The molecule has 11 heteroatoms. The van der Waals surface area contributed by atoms with Crippen molar-refractivity contribution >= 4 is 21.6 Å². The first-order valence-electron chi connectivity index (χ1n) is 9.85. The van der Waals surface area contributed by atoms with E-state index < -0.39 is 50.6 Å². The fourth-order valence-electron chi connectivity index (χ4n) is 4.71. The number of primary sulfonamides is 1. The molecule has 2 aliphatic carbocycles. The Morgan fingerprint density at radius 3 is 2.40 bits per heavy atom. The molecule has 2 unspecified atom stereocenters. The third-order valence-corrected chi connectivity index (χ3v) is 7.25. The van der Waals surface area contributed by atoms with Gasteiger partial charge in [0.25, 0.3) is 15.9 Å². The first-order valence-corrected chi connectivity index (χ1v) is 11.4. The first-order chi connectivity index (χ1) is 13.8. The van der Waals surface area contributed by atoms with Gasteiger partial charge in [0.1, 0.15) is 0 Å². The highest BCUT2D eigenvalue weighted by Crippen LogP contribution is 2.51. The van der Waals surface area contributed by atoms with Crippen LogP contribution in [0.15, 0.2) is 23.4 Å². The number of amides is 1. The summed E-state index contributed by atoms with van der Waals surface area (Å²) >= 11 is 0. The lowest BCUT2D eigenvalue weighted by Crippen LogP contribution is -2.49. The van der Waals surface area contributed by atoms with Crippen LogP contribution < -0.4 is 10.5 Å². The van der Waals surface area contributed by atoms with Crippen LogP contribution in [0, 0.1) is 23.7 Å². The molecular weight excluding hydrogens is 426 g/mol. The highest BCUT2D eigenvalue weighted by Gasteiger charge is 2.53. The fraction of sp³-hybridized carbons (Fsp3) is 0.684. The van der Waals surface area contributed by atoms with Crippen LogP contribution >= 0.6 is 0 Å². The number of carbonyl (C=O) groups is 1. The minimum absolute atomic E-state index is 0.0639. The van der Waals surface area contributed by atoms with Crippen molar-refractivity contribution in [2.45, 2.75) is 62.3 Å². The Bertz CT molecular complexity index is 900. The van der Waals surface area contributed by atoms with Gasteiger partial charge in [-0.15, -0.1) is 0 Å². The van der Waals surface area contributed by atoms with Gasteiger partial charge in [0, 0.05) is 49.0 Å². The molecule has 0 aliphatic heterocycles. The number of hydrogen-bond donors (Lipinski definition) is 2. The predicted molar refractivity (Wildman–Crippen MR) is 101 cm³/mol. The Labute approximate surface area is 172 Å². The third-order valence-electron chi connectivity index (χ3n) is 6.44. The summed E-state index contributed by atoms with van der Waals surface area (Å²) in [5.41, 5.74) is 0.0639. The molecule has 2 fully saturated rings. The zero-order chi connectivity index (χ0) is 22.3. The highest BCUT2D eigenvalue weighted by molar-refractivity contribution is 7.89. The van der Waals surface area contributed by atoms with E-state index in [1.54, 1.807) is 0 Å². The Kier molecular flexibility index (Phi) is 6.16. The van der Waals surface area contributed by atoms with Crippen LogP contribution in [-0.2, 0) is 14.8 Å². The molecule has 3 atom stereocenters. The molecule has 0 radical (unpaired) electrons. The summed E-state index contributed by atoms with van der Waals surface area (Å²) in [5, 5.41) is 7.07. The molecule has 1 aromatic rings. The standard InChI is InChI=1S/C19H25F4N3O3S/c1-11-16(17(27)26-13-5-9-25-15(10-13)30(24,28)29)14(4-8-19(11,22)23)12-2-6-18(20,21)7-3-12/h5,9-12,14,16H,2-4,6-8H2,1H3,(H2,24,28,29)(H,25,26,27)/t11?,14?,16-/m1/s1. The molecule has 0 saturated heterocycles. The lowest BCUT2D eigenvalue weighted by atomic mass is 9.62. The molecule has 0 bridgehead atoms. The van der Waals surface area contributed by atoms with Crippen LogP contribution in [0.3, 0.4) is 0 Å². The van der Waals surface area contributed by atoms with E-state index in [9.17, 15) is 30.8 Å². The second-order valence-corrected chi connectivity index (χ2v) is 9.90. The maximum Gasteiger partial charge on any atom is 0.255 e. The summed E-state index contributed by atoms with van der Waals surface area (Å²) in [4.78, 5) is 16.6. The van der Waals surface area contributed by atoms with Gasteiger partial charge < -0.3 is 5.32 Å². The second kappa shape index (κ2) is 8.07. The monoisotopic (exact) mass is 451 g/mol. The van der Waals surface area contributed by atoms with E-state index >= 15 is 0 Å². The Balaban J connectivity index is 1.84. The number of hydrogen-bond acceptors (Lipinski definition) is 4. The number of nitrogens with zero attached hydrogens (tertiary/aromatic N) is 1. The number of nitrogens with two attached hydrogens (primary N) is 1. The Morgan fingerprint density at radius 1 is 1.17 bits per heavy atom. The van der Waals surface area contributed by atoms with Crippen LogP contribution in [0.25, 0.3) is 0 Å². The van der Waals surface area contributed by atoms with Gasteiger partial charge in [0.2, 0.25) is 11.8 Å². The predicted octanol–water partition coefficient (Wildman–Crippen LogP) is 3.79. The second-order valence-electron chi connectivity index (χ2n) is 8.39. The minimum atomic E-state index is -4.11. The van der Waals surface area contributed by atoms with E-state index in [1.807, 2.05) is 0 Å². The number of anilines is 1. The normalized spacial score (nSPS) is 29.3. The molecule has 1 aromatic heterocycles. The van der Waals surface area contributed by atoms with Crippen molar-refractivity contribution in [1.82, 2.24) is 4.98 Å². The third kappa shape index (κ3) is 4.93. The topological polar surface area (TPSA) is 102 Å². The van der Waals surface area contributed by atoms with Crippen LogP contribution in [-0.4, -0.2) is 31.2 Å². The molecule has 2 saturated carbocycles. The van der Waals surface area contributed by atoms with Crippen LogP contribution in [0.2, 0.25) is 0 Å². The Morgan fingerprint density at radius 2 is 1.80 bits per heavy atom. The summed E-state index contributed by atoms with van der Waals surface area (Å²) in [6.45, 7) is 1.30. The van der Waals surface area contributed by atoms with E-state index in [1.165, 1.54) is 13.0 Å². The van der Waals surface area contributed by atoms with Crippen LogP contribution in [0.1, 0.15) is 45.4 Å². The van der Waals surface area contributed by atoms with E-state index in [0.29, 0.717) is 0 Å². The molecule has 1 heterocycles. The number of halogens is 4. The van der Waals surface area contributed by atoms with Gasteiger partial charge >= 0.3 is 0 Å². The van der Waals surface area contributed by atoms with E-state index in [2.05, 4.69) is 10.3 Å². The molecule has 168 valence electrons.